The molecule has 16 heavy (non-hydrogen) atoms. The molecule has 0 saturated carbocycles. The summed E-state index contributed by atoms with van der Waals surface area (Å²) >= 11 is 0. The average Bonchev–Trinajstić information content (AvgIpc) is 2.23. The van der Waals surface area contributed by atoms with E-state index in [4.69, 9.17) is 14.2 Å². The lowest BCUT2D eigenvalue weighted by Gasteiger charge is -2.17. The maximum absolute atomic E-state index is 11.2. The number of carbonyl (C=O) groups excluding carboxylic acids is 1. The van der Waals surface area contributed by atoms with Crippen LogP contribution in [0.5, 0.6) is 0 Å². The summed E-state index contributed by atoms with van der Waals surface area (Å²) in [6.07, 6.45) is 1.00. The van der Waals surface area contributed by atoms with Crippen LogP contribution >= 0.6 is 0 Å². The Morgan fingerprint density at radius 1 is 1.31 bits per heavy atom. The monoisotopic (exact) mass is 228 g/mol. The molecule has 0 saturated heterocycles. The molecule has 0 aromatic heterocycles. The van der Waals surface area contributed by atoms with E-state index in [1.54, 1.807) is 13.8 Å². The quantitative estimate of drug-likeness (QED) is 0.362. The first-order chi connectivity index (χ1) is 7.47. The summed E-state index contributed by atoms with van der Waals surface area (Å²) < 4.78 is 15.4. The van der Waals surface area contributed by atoms with E-state index in [0.717, 1.165) is 0 Å². The van der Waals surface area contributed by atoms with Gasteiger partial charge in [-0.05, 0) is 20.8 Å². The molecule has 0 aliphatic heterocycles. The minimum atomic E-state index is -0.397. The van der Waals surface area contributed by atoms with Gasteiger partial charge in [-0.15, -0.1) is 0 Å². The predicted molar refractivity (Wildman–Crippen MR) is 61.9 cm³/mol. The van der Waals surface area contributed by atoms with Crippen molar-refractivity contribution in [3.63, 3.8) is 0 Å². The van der Waals surface area contributed by atoms with Crippen molar-refractivity contribution in [3.8, 4) is 0 Å². The van der Waals surface area contributed by atoms with E-state index in [2.05, 4.69) is 13.2 Å². The van der Waals surface area contributed by atoms with Gasteiger partial charge in [-0.1, -0.05) is 13.2 Å². The first-order valence-corrected chi connectivity index (χ1v) is 5.18. The summed E-state index contributed by atoms with van der Waals surface area (Å²) in [5, 5.41) is 0. The third-order valence-corrected chi connectivity index (χ3v) is 1.72. The molecule has 0 bridgehead atoms. The molecular weight excluding hydrogens is 208 g/mol. The van der Waals surface area contributed by atoms with Crippen LogP contribution in [0.2, 0.25) is 0 Å². The fourth-order valence-electron chi connectivity index (χ4n) is 0.869. The van der Waals surface area contributed by atoms with Gasteiger partial charge in [0.1, 0.15) is 12.7 Å². The van der Waals surface area contributed by atoms with E-state index >= 15 is 0 Å². The normalized spacial score (nSPS) is 13.7. The second kappa shape index (κ2) is 7.93. The second-order valence-electron chi connectivity index (χ2n) is 3.64. The molecule has 0 aromatic rings. The van der Waals surface area contributed by atoms with Gasteiger partial charge in [0.2, 0.25) is 0 Å². The van der Waals surface area contributed by atoms with Gasteiger partial charge in [0.25, 0.3) is 0 Å². The van der Waals surface area contributed by atoms with E-state index in [-0.39, 0.29) is 12.2 Å². The van der Waals surface area contributed by atoms with Crippen molar-refractivity contribution in [1.29, 1.82) is 0 Å². The molecular formula is C12H20O4. The highest BCUT2D eigenvalue weighted by atomic mass is 16.6. The SMILES string of the molecule is C=COCC(C)OCC(C)OC(=O)C(=C)C. The Kier molecular flexibility index (Phi) is 7.29. The maximum atomic E-state index is 11.2. The average molecular weight is 228 g/mol. The highest BCUT2D eigenvalue weighted by Crippen LogP contribution is 2.01. The van der Waals surface area contributed by atoms with Crippen LogP contribution in [-0.2, 0) is 19.0 Å². The van der Waals surface area contributed by atoms with Crippen molar-refractivity contribution in [1.82, 2.24) is 0 Å². The Morgan fingerprint density at radius 2 is 1.94 bits per heavy atom. The number of rotatable bonds is 8. The lowest BCUT2D eigenvalue weighted by molar-refractivity contribution is -0.147. The Hall–Kier alpha value is -1.29. The highest BCUT2D eigenvalue weighted by molar-refractivity contribution is 5.87. The molecule has 0 heterocycles. The van der Waals surface area contributed by atoms with Crippen molar-refractivity contribution >= 4 is 5.97 Å². The Morgan fingerprint density at radius 3 is 2.44 bits per heavy atom. The smallest absolute Gasteiger partial charge is 0.333 e. The molecule has 0 aliphatic rings. The van der Waals surface area contributed by atoms with Gasteiger partial charge in [-0.3, -0.25) is 0 Å². The highest BCUT2D eigenvalue weighted by Gasteiger charge is 2.11. The molecule has 4 nitrogen and oxygen atoms in total. The first-order valence-electron chi connectivity index (χ1n) is 5.18. The molecule has 0 aliphatic carbocycles. The molecule has 4 heteroatoms. The van der Waals surface area contributed by atoms with E-state index in [1.807, 2.05) is 6.92 Å². The minimum Gasteiger partial charge on any atom is -0.499 e. The minimum absolute atomic E-state index is 0.0658. The zero-order valence-electron chi connectivity index (χ0n) is 10.2. The fraction of sp³-hybridized carbons (Fsp3) is 0.583. The molecule has 0 rings (SSSR count). The van der Waals surface area contributed by atoms with Crippen LogP contribution in [0.15, 0.2) is 25.0 Å². The van der Waals surface area contributed by atoms with E-state index in [0.29, 0.717) is 18.8 Å². The van der Waals surface area contributed by atoms with Gasteiger partial charge in [-0.25, -0.2) is 4.79 Å². The number of hydrogen-bond acceptors (Lipinski definition) is 4. The summed E-state index contributed by atoms with van der Waals surface area (Å²) in [6, 6.07) is 0. The van der Waals surface area contributed by atoms with E-state index in [9.17, 15) is 4.79 Å². The largest absolute Gasteiger partial charge is 0.499 e. The van der Waals surface area contributed by atoms with E-state index < -0.39 is 5.97 Å². The van der Waals surface area contributed by atoms with Gasteiger partial charge in [0.05, 0.1) is 19.0 Å². The van der Waals surface area contributed by atoms with Crippen molar-refractivity contribution in [3.05, 3.63) is 25.0 Å². The third-order valence-electron chi connectivity index (χ3n) is 1.72. The Labute approximate surface area is 96.9 Å². The molecule has 0 N–H and O–H groups in total. The number of esters is 1. The zero-order valence-corrected chi connectivity index (χ0v) is 10.2. The number of ether oxygens (including phenoxy) is 3. The van der Waals surface area contributed by atoms with E-state index in [1.165, 1.54) is 6.26 Å². The predicted octanol–water partition coefficient (Wildman–Crippen LogP) is 2.06. The van der Waals surface area contributed by atoms with Crippen LogP contribution in [0.4, 0.5) is 0 Å². The van der Waals surface area contributed by atoms with Gasteiger partial charge >= 0.3 is 5.97 Å². The van der Waals surface area contributed by atoms with Crippen molar-refractivity contribution in [2.75, 3.05) is 13.2 Å². The lowest BCUT2D eigenvalue weighted by atomic mass is 10.3. The Bertz CT molecular complexity index is 247. The fourth-order valence-corrected chi connectivity index (χ4v) is 0.869. The molecule has 0 amide bonds. The second-order valence-corrected chi connectivity index (χ2v) is 3.64. The van der Waals surface area contributed by atoms with Gasteiger partial charge in [0, 0.05) is 5.57 Å². The van der Waals surface area contributed by atoms with Crippen LogP contribution < -0.4 is 0 Å². The molecule has 0 aromatic carbocycles. The number of carbonyl (C=O) groups is 1. The molecule has 2 atom stereocenters. The van der Waals surface area contributed by atoms with Crippen molar-refractivity contribution in [2.24, 2.45) is 0 Å². The third kappa shape index (κ3) is 7.06. The summed E-state index contributed by atoms with van der Waals surface area (Å²) in [5.74, 6) is -0.397. The standard InChI is InChI=1S/C12H20O4/c1-6-14-7-10(4)15-8-11(5)16-12(13)9(2)3/h6,10-11H,1-2,7-8H2,3-5H3. The van der Waals surface area contributed by atoms with Crippen molar-refractivity contribution in [2.45, 2.75) is 33.0 Å². The summed E-state index contributed by atoms with van der Waals surface area (Å²) in [6.45, 7) is 12.9. The summed E-state index contributed by atoms with van der Waals surface area (Å²) in [5.41, 5.74) is 0.384. The molecule has 0 fully saturated rings. The lowest BCUT2D eigenvalue weighted by Crippen LogP contribution is -2.25. The zero-order chi connectivity index (χ0) is 12.6. The van der Waals surface area contributed by atoms with Gasteiger partial charge in [0.15, 0.2) is 0 Å². The van der Waals surface area contributed by atoms with Gasteiger partial charge in [-0.2, -0.15) is 0 Å². The van der Waals surface area contributed by atoms with Crippen LogP contribution in [0.25, 0.3) is 0 Å². The molecule has 92 valence electrons. The van der Waals surface area contributed by atoms with Gasteiger partial charge < -0.3 is 14.2 Å². The summed E-state index contributed by atoms with van der Waals surface area (Å²) in [7, 11) is 0. The van der Waals surface area contributed by atoms with Crippen LogP contribution in [0.1, 0.15) is 20.8 Å². The van der Waals surface area contributed by atoms with Crippen LogP contribution in [0.3, 0.4) is 0 Å². The molecule has 0 spiro atoms. The maximum Gasteiger partial charge on any atom is 0.333 e. The number of hydrogen-bond donors (Lipinski definition) is 0. The topological polar surface area (TPSA) is 44.8 Å². The molecule has 2 unspecified atom stereocenters. The van der Waals surface area contributed by atoms with Crippen LogP contribution in [0, 0.1) is 0 Å². The van der Waals surface area contributed by atoms with Crippen molar-refractivity contribution < 1.29 is 19.0 Å². The molecule has 0 radical (unpaired) electrons. The first kappa shape index (κ1) is 14.7. The Balaban J connectivity index is 3.71. The summed E-state index contributed by atoms with van der Waals surface area (Å²) in [4.78, 5) is 11.2. The van der Waals surface area contributed by atoms with Crippen LogP contribution in [-0.4, -0.2) is 31.4 Å².